The lowest BCUT2D eigenvalue weighted by Crippen LogP contribution is -2.25. The van der Waals surface area contributed by atoms with Crippen LogP contribution in [-0.2, 0) is 0 Å². The predicted molar refractivity (Wildman–Crippen MR) is 129 cm³/mol. The molecule has 0 amide bonds. The summed E-state index contributed by atoms with van der Waals surface area (Å²) in [7, 11) is 0. The zero-order chi connectivity index (χ0) is 20.3. The number of allylic oxidation sites excluding steroid dienone is 4. The lowest BCUT2D eigenvalue weighted by molar-refractivity contribution is 0.152. The number of hydrogen-bond acceptors (Lipinski definition) is 0. The fraction of sp³-hybridized carbons (Fsp3) is 0.862. The Balaban J connectivity index is 1.25. The van der Waals surface area contributed by atoms with Gasteiger partial charge in [0.05, 0.1) is 0 Å². The van der Waals surface area contributed by atoms with Crippen molar-refractivity contribution in [3.63, 3.8) is 0 Å². The normalized spacial score (nSPS) is 36.8. The molecule has 0 bridgehead atoms. The second-order valence-electron chi connectivity index (χ2n) is 10.9. The van der Waals surface area contributed by atoms with E-state index in [-0.39, 0.29) is 0 Å². The van der Waals surface area contributed by atoms with Crippen LogP contribution in [0.1, 0.15) is 123 Å². The summed E-state index contributed by atoms with van der Waals surface area (Å²) in [6.45, 7) is 4.61. The van der Waals surface area contributed by atoms with Gasteiger partial charge in [-0.1, -0.05) is 63.8 Å². The van der Waals surface area contributed by atoms with Gasteiger partial charge in [-0.25, -0.2) is 0 Å². The smallest absolute Gasteiger partial charge is 0.0233 e. The molecule has 0 spiro atoms. The summed E-state index contributed by atoms with van der Waals surface area (Å²) < 4.78 is 0. The van der Waals surface area contributed by atoms with Gasteiger partial charge in [-0.2, -0.15) is 0 Å². The molecule has 0 aromatic heterocycles. The second kappa shape index (κ2) is 13.0. The summed E-state index contributed by atoms with van der Waals surface area (Å²) in [5.41, 5.74) is 0. The Morgan fingerprint density at radius 2 is 1.03 bits per heavy atom. The highest BCUT2D eigenvalue weighted by Crippen LogP contribution is 2.42. The fourth-order valence-electron chi connectivity index (χ4n) is 6.78. The van der Waals surface area contributed by atoms with E-state index in [1.165, 1.54) is 96.3 Å². The minimum atomic E-state index is 0.888. The molecule has 0 heteroatoms. The number of rotatable bonds is 9. The van der Waals surface area contributed by atoms with Crippen LogP contribution >= 0.6 is 0 Å². The van der Waals surface area contributed by atoms with E-state index in [1.54, 1.807) is 12.8 Å². The van der Waals surface area contributed by atoms with Crippen molar-refractivity contribution >= 4 is 0 Å². The largest absolute Gasteiger partial charge is 0.0885 e. The summed E-state index contributed by atoms with van der Waals surface area (Å²) in [5.74, 6) is 6.01. The Labute approximate surface area is 183 Å². The van der Waals surface area contributed by atoms with Crippen molar-refractivity contribution in [2.75, 3.05) is 0 Å². The first-order valence-corrected chi connectivity index (χ1v) is 13.6. The molecule has 0 radical (unpaired) electrons. The monoisotopic (exact) mass is 398 g/mol. The minimum absolute atomic E-state index is 0.888. The average molecular weight is 399 g/mol. The van der Waals surface area contributed by atoms with Gasteiger partial charge >= 0.3 is 0 Å². The molecule has 3 saturated carbocycles. The Morgan fingerprint density at radius 1 is 0.552 bits per heavy atom. The summed E-state index contributed by atoms with van der Waals surface area (Å²) in [5, 5.41) is 0. The predicted octanol–water partition coefficient (Wildman–Crippen LogP) is 9.51. The highest BCUT2D eigenvalue weighted by molar-refractivity contribution is 4.94. The van der Waals surface area contributed by atoms with Crippen molar-refractivity contribution in [2.45, 2.75) is 123 Å². The van der Waals surface area contributed by atoms with Crippen molar-refractivity contribution in [3.8, 4) is 0 Å². The summed E-state index contributed by atoms with van der Waals surface area (Å²) in [6, 6.07) is 0. The SMILES string of the molecule is CCC=C[C@H]1CC[C@H](CCC=C[C@H]2CC[C@H]([C@H]3CC[C@H](CCC)CC3)CC2)CC1. The molecule has 0 heterocycles. The molecule has 3 rings (SSSR count). The van der Waals surface area contributed by atoms with Gasteiger partial charge in [-0.15, -0.1) is 0 Å². The Hall–Kier alpha value is -0.520. The van der Waals surface area contributed by atoms with Crippen molar-refractivity contribution in [1.82, 2.24) is 0 Å². The van der Waals surface area contributed by atoms with Crippen molar-refractivity contribution in [1.29, 1.82) is 0 Å². The maximum atomic E-state index is 2.62. The van der Waals surface area contributed by atoms with Crippen molar-refractivity contribution in [3.05, 3.63) is 24.3 Å². The second-order valence-corrected chi connectivity index (χ2v) is 10.9. The molecule has 0 aliphatic heterocycles. The molecule has 3 aliphatic rings. The maximum absolute atomic E-state index is 2.62. The first-order valence-electron chi connectivity index (χ1n) is 13.6. The average Bonchev–Trinajstić information content (AvgIpc) is 2.77. The highest BCUT2D eigenvalue weighted by Gasteiger charge is 2.30. The van der Waals surface area contributed by atoms with Crippen LogP contribution in [-0.4, -0.2) is 0 Å². The third-order valence-corrected chi connectivity index (χ3v) is 8.76. The van der Waals surface area contributed by atoms with Crippen molar-refractivity contribution < 1.29 is 0 Å². The maximum Gasteiger partial charge on any atom is -0.0233 e. The van der Waals surface area contributed by atoms with Gasteiger partial charge in [-0.05, 0) is 119 Å². The van der Waals surface area contributed by atoms with Crippen LogP contribution in [0.4, 0.5) is 0 Å². The zero-order valence-corrected chi connectivity index (χ0v) is 19.8. The highest BCUT2D eigenvalue weighted by atomic mass is 14.4. The lowest BCUT2D eigenvalue weighted by atomic mass is 9.68. The van der Waals surface area contributed by atoms with Crippen LogP contribution in [0.15, 0.2) is 24.3 Å². The standard InChI is InChI=1S/C29H50/c1-3-5-9-25-12-14-26(15-13-25)10-6-7-11-27-18-22-29(23-19-27)28-20-16-24(8-4-2)17-21-28/h5,7,9,11,24-29H,3-4,6,8,10,12-23H2,1-2H3/t24-,25-,26-,27-,28-,29-. The molecule has 0 atom stereocenters. The Kier molecular flexibility index (Phi) is 10.4. The lowest BCUT2D eigenvalue weighted by Gasteiger charge is -2.37. The van der Waals surface area contributed by atoms with Crippen LogP contribution in [0.3, 0.4) is 0 Å². The fourth-order valence-corrected chi connectivity index (χ4v) is 6.78. The van der Waals surface area contributed by atoms with E-state index >= 15 is 0 Å². The molecule has 0 aromatic rings. The Morgan fingerprint density at radius 3 is 1.62 bits per heavy atom. The van der Waals surface area contributed by atoms with Crippen LogP contribution in [0, 0.1) is 35.5 Å². The minimum Gasteiger partial charge on any atom is -0.0885 e. The molecule has 166 valence electrons. The first kappa shape index (κ1) is 23.1. The number of hydrogen-bond donors (Lipinski definition) is 0. The van der Waals surface area contributed by atoms with Crippen molar-refractivity contribution in [2.24, 2.45) is 35.5 Å². The zero-order valence-electron chi connectivity index (χ0n) is 19.8. The van der Waals surface area contributed by atoms with Crippen LogP contribution < -0.4 is 0 Å². The van der Waals surface area contributed by atoms with Crippen LogP contribution in [0.25, 0.3) is 0 Å². The third kappa shape index (κ3) is 7.91. The van der Waals surface area contributed by atoms with Gasteiger partial charge in [0.25, 0.3) is 0 Å². The van der Waals surface area contributed by atoms with E-state index in [9.17, 15) is 0 Å². The van der Waals surface area contributed by atoms with Gasteiger partial charge in [0.15, 0.2) is 0 Å². The molecule has 0 N–H and O–H groups in total. The van der Waals surface area contributed by atoms with Gasteiger partial charge in [0.2, 0.25) is 0 Å². The summed E-state index contributed by atoms with van der Waals surface area (Å²) in [4.78, 5) is 0. The molecular weight excluding hydrogens is 348 g/mol. The molecule has 29 heavy (non-hydrogen) atoms. The topological polar surface area (TPSA) is 0 Å². The summed E-state index contributed by atoms with van der Waals surface area (Å²) >= 11 is 0. The van der Waals surface area contributed by atoms with E-state index in [0.717, 1.165) is 35.5 Å². The van der Waals surface area contributed by atoms with E-state index < -0.39 is 0 Å². The van der Waals surface area contributed by atoms with Crippen LogP contribution in [0.5, 0.6) is 0 Å². The quantitative estimate of drug-likeness (QED) is 0.339. The van der Waals surface area contributed by atoms with Gasteiger partial charge in [-0.3, -0.25) is 0 Å². The summed E-state index contributed by atoms with van der Waals surface area (Å²) in [6.07, 6.45) is 34.9. The molecular formula is C29H50. The molecule has 3 aliphatic carbocycles. The Bertz CT molecular complexity index is 462. The molecule has 0 nitrogen and oxygen atoms in total. The van der Waals surface area contributed by atoms with Gasteiger partial charge < -0.3 is 0 Å². The third-order valence-electron chi connectivity index (χ3n) is 8.76. The molecule has 0 saturated heterocycles. The van der Waals surface area contributed by atoms with E-state index in [0.29, 0.717) is 0 Å². The van der Waals surface area contributed by atoms with E-state index in [1.807, 2.05) is 0 Å². The molecule has 0 unspecified atom stereocenters. The van der Waals surface area contributed by atoms with Crippen LogP contribution in [0.2, 0.25) is 0 Å². The van der Waals surface area contributed by atoms with E-state index in [4.69, 9.17) is 0 Å². The first-order chi connectivity index (χ1) is 14.3. The van der Waals surface area contributed by atoms with E-state index in [2.05, 4.69) is 38.2 Å². The molecule has 3 fully saturated rings. The van der Waals surface area contributed by atoms with Gasteiger partial charge in [0, 0.05) is 0 Å². The van der Waals surface area contributed by atoms with Gasteiger partial charge in [0.1, 0.15) is 0 Å². The molecule has 0 aromatic carbocycles.